The summed E-state index contributed by atoms with van der Waals surface area (Å²) in [5.74, 6) is 1.96. The maximum absolute atomic E-state index is 12.4. The maximum atomic E-state index is 12.4. The van der Waals surface area contributed by atoms with E-state index in [2.05, 4.69) is 35.0 Å². The van der Waals surface area contributed by atoms with E-state index in [0.29, 0.717) is 23.6 Å². The van der Waals surface area contributed by atoms with E-state index in [9.17, 15) is 4.79 Å². The van der Waals surface area contributed by atoms with Gasteiger partial charge in [-0.3, -0.25) is 4.79 Å². The second-order valence-corrected chi connectivity index (χ2v) is 8.10. The van der Waals surface area contributed by atoms with Gasteiger partial charge in [-0.1, -0.05) is 15.9 Å². The Hall–Kier alpha value is -0.520. The lowest BCUT2D eigenvalue weighted by atomic mass is 9.98. The number of carbonyl (C=O) groups is 1. The molecule has 5 heteroatoms. The number of hydrogen-bond acceptors (Lipinski definition) is 3. The van der Waals surface area contributed by atoms with Gasteiger partial charge in [-0.25, -0.2) is 0 Å². The first-order valence-corrected chi connectivity index (χ1v) is 9.25. The van der Waals surface area contributed by atoms with Gasteiger partial charge in [-0.2, -0.15) is 0 Å². The molecule has 1 aromatic rings. The van der Waals surface area contributed by atoms with Crippen molar-refractivity contribution in [3.8, 4) is 0 Å². The van der Waals surface area contributed by atoms with Gasteiger partial charge in [0.15, 0.2) is 0 Å². The molecule has 3 rings (SSSR count). The van der Waals surface area contributed by atoms with E-state index in [1.54, 1.807) is 11.8 Å². The first-order valence-electron chi connectivity index (χ1n) is 7.47. The van der Waals surface area contributed by atoms with Crippen molar-refractivity contribution >= 4 is 33.6 Å². The summed E-state index contributed by atoms with van der Waals surface area (Å²) in [5, 5.41) is 0. The quantitative estimate of drug-likeness (QED) is 0.833. The van der Waals surface area contributed by atoms with Gasteiger partial charge in [0.1, 0.15) is 0 Å². The van der Waals surface area contributed by atoms with Gasteiger partial charge in [-0.15, -0.1) is 11.8 Å². The lowest BCUT2D eigenvalue weighted by Crippen LogP contribution is -2.34. The molecule has 0 aromatic heterocycles. The monoisotopic (exact) mass is 368 g/mol. The minimum atomic E-state index is 0.254. The first-order chi connectivity index (χ1) is 10.0. The fourth-order valence-electron chi connectivity index (χ4n) is 3.52. The zero-order valence-corrected chi connectivity index (χ0v) is 14.6. The second kappa shape index (κ2) is 6.31. The van der Waals surface area contributed by atoms with E-state index < -0.39 is 0 Å². The molecule has 2 N–H and O–H groups in total. The molecule has 1 amide bonds. The molecule has 0 bridgehead atoms. The maximum Gasteiger partial charge on any atom is 0.232 e. The summed E-state index contributed by atoms with van der Waals surface area (Å²) < 4.78 is 1.08. The van der Waals surface area contributed by atoms with Crippen LogP contribution in [0.5, 0.6) is 0 Å². The highest BCUT2D eigenvalue weighted by molar-refractivity contribution is 9.10. The van der Waals surface area contributed by atoms with E-state index in [1.165, 1.54) is 16.9 Å². The molecule has 0 radical (unpaired) electrons. The van der Waals surface area contributed by atoms with Crippen molar-refractivity contribution < 1.29 is 4.79 Å². The molecule has 0 spiro atoms. The highest BCUT2D eigenvalue weighted by Gasteiger charge is 2.42. The van der Waals surface area contributed by atoms with E-state index in [0.717, 1.165) is 24.0 Å². The van der Waals surface area contributed by atoms with E-state index >= 15 is 0 Å². The fraction of sp³-hybridized carbons (Fsp3) is 0.562. The second-order valence-electron chi connectivity index (χ2n) is 6.16. The fourth-order valence-corrected chi connectivity index (χ4v) is 4.90. The van der Waals surface area contributed by atoms with Gasteiger partial charge in [-0.05, 0) is 55.4 Å². The van der Waals surface area contributed by atoms with Crippen LogP contribution in [0.4, 0.5) is 0 Å². The van der Waals surface area contributed by atoms with Gasteiger partial charge in [0.25, 0.3) is 0 Å². The molecule has 2 fully saturated rings. The summed E-state index contributed by atoms with van der Waals surface area (Å²) in [7, 11) is 0. The highest BCUT2D eigenvalue weighted by atomic mass is 79.9. The van der Waals surface area contributed by atoms with Crippen molar-refractivity contribution in [1.29, 1.82) is 0 Å². The van der Waals surface area contributed by atoms with Crippen molar-refractivity contribution in [1.82, 2.24) is 4.90 Å². The average molecular weight is 369 g/mol. The summed E-state index contributed by atoms with van der Waals surface area (Å²) >= 11 is 5.10. The van der Waals surface area contributed by atoms with Gasteiger partial charge in [0.05, 0.1) is 5.75 Å². The number of nitrogens with two attached hydrogens (primary N) is 1. The molecule has 21 heavy (non-hydrogen) atoms. The lowest BCUT2D eigenvalue weighted by Gasteiger charge is -2.18. The number of likely N-dealkylation sites (tertiary alicyclic amines) is 1. The standard InChI is InChI=1S/C16H21BrN2OS/c1-10-6-12(17)3-5-15(10)21-9-16(20)19-7-11-2-4-14(18)13(11)8-19/h3,5-6,11,13-14H,2,4,7-9,18H2,1H3. The van der Waals surface area contributed by atoms with Crippen molar-refractivity contribution in [2.45, 2.75) is 30.7 Å². The highest BCUT2D eigenvalue weighted by Crippen LogP contribution is 2.37. The first kappa shape index (κ1) is 15.4. The van der Waals surface area contributed by atoms with Crippen molar-refractivity contribution in [2.75, 3.05) is 18.8 Å². The Labute approximate surface area is 138 Å². The normalized spacial score (nSPS) is 28.0. The average Bonchev–Trinajstić information content (AvgIpc) is 3.00. The number of amides is 1. The van der Waals surface area contributed by atoms with Gasteiger partial charge < -0.3 is 10.6 Å². The SMILES string of the molecule is Cc1cc(Br)ccc1SCC(=O)N1CC2CCC(N)C2C1. The molecular weight excluding hydrogens is 348 g/mol. The van der Waals surface area contributed by atoms with Crippen LogP contribution in [0.1, 0.15) is 18.4 Å². The Bertz CT molecular complexity index is 551. The van der Waals surface area contributed by atoms with E-state index in [1.807, 2.05) is 11.0 Å². The van der Waals surface area contributed by atoms with Crippen LogP contribution in [-0.2, 0) is 4.79 Å². The van der Waals surface area contributed by atoms with Crippen LogP contribution in [0.3, 0.4) is 0 Å². The van der Waals surface area contributed by atoms with Crippen molar-refractivity contribution in [3.63, 3.8) is 0 Å². The van der Waals surface area contributed by atoms with Crippen LogP contribution < -0.4 is 5.73 Å². The van der Waals surface area contributed by atoms with Crippen molar-refractivity contribution in [3.05, 3.63) is 28.2 Å². The number of carbonyl (C=O) groups excluding carboxylic acids is 1. The summed E-state index contributed by atoms with van der Waals surface area (Å²) in [4.78, 5) is 15.6. The number of fused-ring (bicyclic) bond motifs is 1. The predicted molar refractivity (Wildman–Crippen MR) is 90.4 cm³/mol. The molecule has 1 saturated carbocycles. The zero-order chi connectivity index (χ0) is 15.0. The van der Waals surface area contributed by atoms with Crippen LogP contribution in [0.25, 0.3) is 0 Å². The summed E-state index contributed by atoms with van der Waals surface area (Å²) in [6.07, 6.45) is 2.32. The Balaban J connectivity index is 1.55. The lowest BCUT2D eigenvalue weighted by molar-refractivity contribution is -0.127. The van der Waals surface area contributed by atoms with Gasteiger partial charge >= 0.3 is 0 Å². The number of halogens is 1. The zero-order valence-electron chi connectivity index (χ0n) is 12.2. The molecule has 1 heterocycles. The number of benzene rings is 1. The molecule has 1 saturated heterocycles. The topological polar surface area (TPSA) is 46.3 Å². The number of nitrogens with zero attached hydrogens (tertiary/aromatic N) is 1. The summed E-state index contributed by atoms with van der Waals surface area (Å²) in [5.41, 5.74) is 7.34. The molecule has 3 atom stereocenters. The van der Waals surface area contributed by atoms with Gasteiger partial charge in [0, 0.05) is 28.5 Å². The molecule has 3 unspecified atom stereocenters. The van der Waals surface area contributed by atoms with Crippen LogP contribution in [0, 0.1) is 18.8 Å². The molecule has 3 nitrogen and oxygen atoms in total. The van der Waals surface area contributed by atoms with Crippen molar-refractivity contribution in [2.24, 2.45) is 17.6 Å². The minimum Gasteiger partial charge on any atom is -0.341 e. The number of hydrogen-bond donors (Lipinski definition) is 1. The molecule has 1 aliphatic heterocycles. The molecule has 1 aromatic carbocycles. The molecular formula is C16H21BrN2OS. The third-order valence-corrected chi connectivity index (χ3v) is 6.41. The number of thioether (sulfide) groups is 1. The van der Waals surface area contributed by atoms with Crippen LogP contribution in [0.2, 0.25) is 0 Å². The van der Waals surface area contributed by atoms with E-state index in [-0.39, 0.29) is 5.91 Å². The van der Waals surface area contributed by atoms with Crippen LogP contribution in [-0.4, -0.2) is 35.7 Å². The van der Waals surface area contributed by atoms with Crippen LogP contribution in [0.15, 0.2) is 27.6 Å². The third kappa shape index (κ3) is 3.30. The Morgan fingerprint density at radius 2 is 2.24 bits per heavy atom. The van der Waals surface area contributed by atoms with E-state index in [4.69, 9.17) is 5.73 Å². The largest absolute Gasteiger partial charge is 0.341 e. The molecule has 1 aliphatic carbocycles. The molecule has 114 valence electrons. The van der Waals surface area contributed by atoms with Crippen LogP contribution >= 0.6 is 27.7 Å². The predicted octanol–water partition coefficient (Wildman–Crippen LogP) is 3.05. The Morgan fingerprint density at radius 3 is 2.95 bits per heavy atom. The summed E-state index contributed by atoms with van der Waals surface area (Å²) in [6, 6.07) is 6.49. The third-order valence-electron chi connectivity index (χ3n) is 4.75. The Morgan fingerprint density at radius 1 is 1.43 bits per heavy atom. The summed E-state index contributed by atoms with van der Waals surface area (Å²) in [6.45, 7) is 3.86. The minimum absolute atomic E-state index is 0.254. The smallest absolute Gasteiger partial charge is 0.232 e. The number of aryl methyl sites for hydroxylation is 1. The van der Waals surface area contributed by atoms with Gasteiger partial charge in [0.2, 0.25) is 5.91 Å². The Kier molecular flexibility index (Phi) is 4.62. The number of rotatable bonds is 3. The molecule has 2 aliphatic rings.